The average Bonchev–Trinajstić information content (AvgIpc) is 3.19. The minimum Gasteiger partial charge on any atom is -0.491 e. The molecule has 0 bridgehead atoms. The van der Waals surface area contributed by atoms with Crippen molar-refractivity contribution in [2.45, 2.75) is 40.8 Å². The van der Waals surface area contributed by atoms with E-state index in [9.17, 15) is 0 Å². The van der Waals surface area contributed by atoms with Crippen LogP contribution in [-0.2, 0) is 17.8 Å². The zero-order valence-corrected chi connectivity index (χ0v) is 18.9. The van der Waals surface area contributed by atoms with Crippen molar-refractivity contribution in [2.24, 2.45) is 4.99 Å². The molecule has 3 aromatic rings. The van der Waals surface area contributed by atoms with Crippen molar-refractivity contribution in [1.82, 2.24) is 20.0 Å². The molecule has 2 heterocycles. The number of fused-ring (bicyclic) bond motifs is 1. The molecule has 2 aromatic heterocycles. The Morgan fingerprint density at radius 1 is 1.10 bits per heavy atom. The summed E-state index contributed by atoms with van der Waals surface area (Å²) in [5, 5.41) is 6.68. The smallest absolute Gasteiger partial charge is 0.191 e. The first-order valence-electron chi connectivity index (χ1n) is 10.9. The van der Waals surface area contributed by atoms with E-state index in [1.165, 1.54) is 0 Å². The molecular formula is C24H33N5O2. The zero-order valence-electron chi connectivity index (χ0n) is 18.9. The molecule has 0 aliphatic heterocycles. The maximum Gasteiger partial charge on any atom is 0.191 e. The highest BCUT2D eigenvalue weighted by molar-refractivity contribution is 5.79. The summed E-state index contributed by atoms with van der Waals surface area (Å²) in [6.07, 6.45) is 2.06. The van der Waals surface area contributed by atoms with Crippen LogP contribution in [0.15, 0.2) is 47.6 Å². The van der Waals surface area contributed by atoms with Gasteiger partial charge in [-0.3, -0.25) is 0 Å². The lowest BCUT2D eigenvalue weighted by Gasteiger charge is -2.13. The third-order valence-corrected chi connectivity index (χ3v) is 4.85. The van der Waals surface area contributed by atoms with Crippen LogP contribution in [0.5, 0.6) is 5.75 Å². The molecule has 0 saturated carbocycles. The summed E-state index contributed by atoms with van der Waals surface area (Å²) in [6, 6.07) is 12.3. The topological polar surface area (TPSA) is 72.2 Å². The van der Waals surface area contributed by atoms with Gasteiger partial charge in [0.2, 0.25) is 0 Å². The fourth-order valence-electron chi connectivity index (χ4n) is 3.25. The number of ether oxygens (including phenoxy) is 2. The molecule has 0 unspecified atom stereocenters. The van der Waals surface area contributed by atoms with Gasteiger partial charge in [-0.1, -0.05) is 18.2 Å². The molecule has 3 rings (SSSR count). The Morgan fingerprint density at radius 2 is 1.97 bits per heavy atom. The van der Waals surface area contributed by atoms with Crippen molar-refractivity contribution in [3.63, 3.8) is 0 Å². The van der Waals surface area contributed by atoms with Crippen LogP contribution in [0.25, 0.3) is 5.65 Å². The molecule has 0 radical (unpaired) electrons. The summed E-state index contributed by atoms with van der Waals surface area (Å²) in [5.74, 6) is 1.60. The molecule has 31 heavy (non-hydrogen) atoms. The van der Waals surface area contributed by atoms with Gasteiger partial charge in [-0.05, 0) is 51.5 Å². The third kappa shape index (κ3) is 6.46. The van der Waals surface area contributed by atoms with Gasteiger partial charge in [0.15, 0.2) is 5.96 Å². The molecule has 166 valence electrons. The summed E-state index contributed by atoms with van der Waals surface area (Å²) in [4.78, 5) is 9.44. The van der Waals surface area contributed by atoms with Crippen LogP contribution in [-0.4, -0.2) is 41.7 Å². The largest absolute Gasteiger partial charge is 0.491 e. The number of nitrogens with one attached hydrogen (secondary N) is 2. The van der Waals surface area contributed by atoms with Gasteiger partial charge in [0.1, 0.15) is 18.0 Å². The minimum atomic E-state index is 0.518. The van der Waals surface area contributed by atoms with Crippen LogP contribution >= 0.6 is 0 Å². The summed E-state index contributed by atoms with van der Waals surface area (Å²) in [6.45, 7) is 11.9. The van der Waals surface area contributed by atoms with E-state index in [4.69, 9.17) is 14.5 Å². The number of imidazole rings is 1. The van der Waals surface area contributed by atoms with Crippen LogP contribution in [0.3, 0.4) is 0 Å². The number of benzene rings is 1. The SMILES string of the molecule is CCNC(=NCc1ccc(C)cc1OCCOCC)NCc1cn2c(C)cccc2n1. The Kier molecular flexibility index (Phi) is 8.29. The standard InChI is InChI=1S/C24H33N5O2/c1-5-25-24(27-16-21-17-29-19(4)8-7-9-23(29)28-21)26-15-20-11-10-18(3)14-22(20)31-13-12-30-6-2/h7-11,14,17H,5-6,12-13,15-16H2,1-4H3,(H2,25,26,27). The van der Waals surface area contributed by atoms with Crippen LogP contribution < -0.4 is 15.4 Å². The second-order valence-electron chi connectivity index (χ2n) is 7.33. The number of guanidine groups is 1. The first-order chi connectivity index (χ1) is 15.1. The summed E-state index contributed by atoms with van der Waals surface area (Å²) >= 11 is 0. The van der Waals surface area contributed by atoms with E-state index in [1.54, 1.807) is 0 Å². The highest BCUT2D eigenvalue weighted by Gasteiger charge is 2.07. The summed E-state index contributed by atoms with van der Waals surface area (Å²) in [7, 11) is 0. The fourth-order valence-corrected chi connectivity index (χ4v) is 3.25. The number of nitrogens with zero attached hydrogens (tertiary/aromatic N) is 3. The molecule has 0 aliphatic rings. The number of rotatable bonds is 10. The molecule has 0 amide bonds. The molecule has 1 aromatic carbocycles. The average molecular weight is 424 g/mol. The van der Waals surface area contributed by atoms with Crippen molar-refractivity contribution < 1.29 is 9.47 Å². The van der Waals surface area contributed by atoms with Crippen LogP contribution in [0.1, 0.15) is 36.4 Å². The van der Waals surface area contributed by atoms with Crippen molar-refractivity contribution in [3.8, 4) is 5.75 Å². The molecular weight excluding hydrogens is 390 g/mol. The molecule has 0 fully saturated rings. The second kappa shape index (κ2) is 11.4. The predicted octanol–water partition coefficient (Wildman–Crippen LogP) is 3.62. The number of aromatic nitrogens is 2. The molecule has 7 nitrogen and oxygen atoms in total. The molecule has 0 spiro atoms. The predicted molar refractivity (Wildman–Crippen MR) is 125 cm³/mol. The van der Waals surface area contributed by atoms with E-state index in [2.05, 4.69) is 71.3 Å². The first-order valence-corrected chi connectivity index (χ1v) is 10.9. The number of hydrogen-bond acceptors (Lipinski definition) is 4. The van der Waals surface area contributed by atoms with Gasteiger partial charge in [0, 0.05) is 30.6 Å². The lowest BCUT2D eigenvalue weighted by molar-refractivity contribution is 0.110. The quantitative estimate of drug-likeness (QED) is 0.296. The Bertz CT molecular complexity index is 1010. The van der Waals surface area contributed by atoms with Gasteiger partial charge >= 0.3 is 0 Å². The first kappa shape index (κ1) is 22.6. The second-order valence-corrected chi connectivity index (χ2v) is 7.33. The number of aliphatic imine (C=N–C) groups is 1. The molecule has 2 N–H and O–H groups in total. The number of aryl methyl sites for hydroxylation is 2. The van der Waals surface area contributed by atoms with E-state index in [0.29, 0.717) is 32.9 Å². The van der Waals surface area contributed by atoms with Gasteiger partial charge in [-0.2, -0.15) is 0 Å². The van der Waals surface area contributed by atoms with Crippen LogP contribution in [0.4, 0.5) is 0 Å². The highest BCUT2D eigenvalue weighted by Crippen LogP contribution is 2.21. The van der Waals surface area contributed by atoms with Gasteiger partial charge in [-0.25, -0.2) is 9.98 Å². The normalized spacial score (nSPS) is 11.7. The van der Waals surface area contributed by atoms with Crippen molar-refractivity contribution in [1.29, 1.82) is 0 Å². The fraction of sp³-hybridized carbons (Fsp3) is 0.417. The Morgan fingerprint density at radius 3 is 2.74 bits per heavy atom. The molecule has 0 atom stereocenters. The van der Waals surface area contributed by atoms with Gasteiger partial charge in [0.05, 0.1) is 25.4 Å². The third-order valence-electron chi connectivity index (χ3n) is 4.85. The highest BCUT2D eigenvalue weighted by atomic mass is 16.5. The Hall–Kier alpha value is -3.06. The van der Waals surface area contributed by atoms with Crippen molar-refractivity contribution in [2.75, 3.05) is 26.4 Å². The van der Waals surface area contributed by atoms with Gasteiger partial charge < -0.3 is 24.5 Å². The Balaban J connectivity index is 1.66. The van der Waals surface area contributed by atoms with Crippen molar-refractivity contribution in [3.05, 3.63) is 65.1 Å². The monoisotopic (exact) mass is 423 g/mol. The maximum atomic E-state index is 5.94. The summed E-state index contributed by atoms with van der Waals surface area (Å²) in [5.41, 5.74) is 5.28. The molecule has 0 saturated heterocycles. The van der Waals surface area contributed by atoms with Gasteiger partial charge in [0.25, 0.3) is 0 Å². The lowest BCUT2D eigenvalue weighted by Crippen LogP contribution is -2.36. The van der Waals surface area contributed by atoms with E-state index in [1.807, 2.05) is 19.1 Å². The lowest BCUT2D eigenvalue weighted by atomic mass is 10.1. The molecule has 7 heteroatoms. The van der Waals surface area contributed by atoms with Gasteiger partial charge in [-0.15, -0.1) is 0 Å². The summed E-state index contributed by atoms with van der Waals surface area (Å²) < 4.78 is 13.4. The van der Waals surface area contributed by atoms with E-state index in [-0.39, 0.29) is 0 Å². The number of hydrogen-bond donors (Lipinski definition) is 2. The van der Waals surface area contributed by atoms with Crippen molar-refractivity contribution >= 4 is 11.6 Å². The number of pyridine rings is 1. The van der Waals surface area contributed by atoms with E-state index >= 15 is 0 Å². The maximum absolute atomic E-state index is 5.94. The van der Waals surface area contributed by atoms with Crippen LogP contribution in [0, 0.1) is 13.8 Å². The zero-order chi connectivity index (χ0) is 22.1. The van der Waals surface area contributed by atoms with E-state index in [0.717, 1.165) is 46.4 Å². The van der Waals surface area contributed by atoms with Crippen LogP contribution in [0.2, 0.25) is 0 Å². The Labute approximate surface area is 184 Å². The van der Waals surface area contributed by atoms with E-state index < -0.39 is 0 Å². The minimum absolute atomic E-state index is 0.518. The molecule has 0 aliphatic carbocycles.